The number of nitrogens with one attached hydrogen (secondary N) is 1. The maximum absolute atomic E-state index is 12.8. The van der Waals surface area contributed by atoms with Crippen LogP contribution >= 0.6 is 28.7 Å². The second-order valence-corrected chi connectivity index (χ2v) is 7.09. The van der Waals surface area contributed by atoms with E-state index in [1.165, 1.54) is 31.3 Å². The Labute approximate surface area is 162 Å². The molecule has 1 aromatic heterocycles. The Kier molecular flexibility index (Phi) is 5.24. The van der Waals surface area contributed by atoms with Crippen LogP contribution in [0.5, 0.6) is 0 Å². The van der Waals surface area contributed by atoms with Gasteiger partial charge in [-0.05, 0) is 22.0 Å². The molecule has 1 N–H and O–H groups in total. The van der Waals surface area contributed by atoms with Gasteiger partial charge < -0.3 is 14.0 Å². The predicted molar refractivity (Wildman–Crippen MR) is 105 cm³/mol. The van der Waals surface area contributed by atoms with Crippen molar-refractivity contribution < 1.29 is 18.0 Å². The van der Waals surface area contributed by atoms with Crippen molar-refractivity contribution in [2.24, 2.45) is 0 Å². The number of carbonyl (C=O) groups is 1. The maximum Gasteiger partial charge on any atom is 0.263 e. The Morgan fingerprint density at radius 2 is 1.92 bits per heavy atom. The van der Waals surface area contributed by atoms with E-state index >= 15 is 0 Å². The lowest BCUT2D eigenvalue weighted by Gasteiger charge is -2.12. The molecule has 1 heterocycles. The van der Waals surface area contributed by atoms with E-state index in [1.807, 2.05) is 0 Å². The molecule has 4 nitrogen and oxygen atoms in total. The van der Waals surface area contributed by atoms with Gasteiger partial charge in [0.1, 0.15) is 11.3 Å². The lowest BCUT2D eigenvalue weighted by molar-refractivity contribution is 0.0964. The number of furan rings is 1. The zero-order chi connectivity index (χ0) is 19.0. The van der Waals surface area contributed by atoms with Gasteiger partial charge in [0.2, 0.25) is 0 Å². The molecular formula is C18H15BrF2N2O2S. The van der Waals surface area contributed by atoms with Crippen molar-refractivity contribution in [2.45, 2.75) is 6.43 Å². The minimum atomic E-state index is -2.55. The van der Waals surface area contributed by atoms with Crippen LogP contribution in [0, 0.1) is 0 Å². The molecule has 0 aliphatic rings. The Hall–Kier alpha value is -2.06. The molecule has 0 spiro atoms. The largest absolute Gasteiger partial charge is 0.455 e. The van der Waals surface area contributed by atoms with E-state index in [0.29, 0.717) is 27.9 Å². The fourth-order valence-electron chi connectivity index (χ4n) is 2.69. The van der Waals surface area contributed by atoms with E-state index < -0.39 is 6.43 Å². The highest BCUT2D eigenvalue weighted by Gasteiger charge is 2.23. The van der Waals surface area contributed by atoms with Gasteiger partial charge in [0.05, 0.1) is 11.3 Å². The highest BCUT2D eigenvalue weighted by Crippen LogP contribution is 2.39. The topological polar surface area (TPSA) is 45.5 Å². The van der Waals surface area contributed by atoms with Crippen molar-refractivity contribution in [1.29, 1.82) is 0 Å². The quantitative estimate of drug-likeness (QED) is 0.530. The number of fused-ring (bicyclic) bond motifs is 1. The summed E-state index contributed by atoms with van der Waals surface area (Å²) in [6.45, 7) is 0. The number of nitrogens with zero attached hydrogens (tertiary/aromatic N) is 1. The summed E-state index contributed by atoms with van der Waals surface area (Å²) in [5.74, 6) is 0.00148. The van der Waals surface area contributed by atoms with Gasteiger partial charge in [-0.25, -0.2) is 8.78 Å². The number of alkyl halides is 2. The Morgan fingerprint density at radius 1 is 1.27 bits per heavy atom. The van der Waals surface area contributed by atoms with Crippen LogP contribution in [0.4, 0.5) is 14.5 Å². The number of benzene rings is 2. The molecule has 2 aromatic carbocycles. The van der Waals surface area contributed by atoms with E-state index in [2.05, 4.69) is 34.1 Å². The van der Waals surface area contributed by atoms with Gasteiger partial charge >= 0.3 is 0 Å². The lowest BCUT2D eigenvalue weighted by Crippen LogP contribution is -2.18. The SMILES string of the molecule is CNC(=O)c1c(-c2ccc(C(F)F)cc2)oc2cc(N(C)S)c(Br)cc12. The van der Waals surface area contributed by atoms with Crippen molar-refractivity contribution >= 4 is 51.3 Å². The molecule has 3 rings (SSSR count). The summed E-state index contributed by atoms with van der Waals surface area (Å²) < 4.78 is 33.9. The summed E-state index contributed by atoms with van der Waals surface area (Å²) in [4.78, 5) is 12.5. The van der Waals surface area contributed by atoms with Crippen molar-refractivity contribution in [3.05, 3.63) is 52.0 Å². The normalized spacial score (nSPS) is 11.2. The van der Waals surface area contributed by atoms with Crippen LogP contribution in [0.2, 0.25) is 0 Å². The number of anilines is 1. The number of amides is 1. The van der Waals surface area contributed by atoms with Gasteiger partial charge in [-0.15, -0.1) is 0 Å². The summed E-state index contributed by atoms with van der Waals surface area (Å²) in [6.07, 6.45) is -2.55. The summed E-state index contributed by atoms with van der Waals surface area (Å²) in [5, 5.41) is 3.21. The molecule has 0 aliphatic heterocycles. The van der Waals surface area contributed by atoms with Crippen LogP contribution in [-0.4, -0.2) is 20.0 Å². The second kappa shape index (κ2) is 7.28. The smallest absolute Gasteiger partial charge is 0.263 e. The molecule has 0 saturated carbocycles. The standard InChI is InChI=1S/C18H15BrF2N2O2S/c1-22-18(24)15-11-7-12(19)13(23(2)26)8-14(11)25-16(15)9-3-5-10(6-4-9)17(20)21/h3-8,17,26H,1-2H3,(H,22,24). The third-order valence-corrected chi connectivity index (χ3v) is 4.84. The van der Waals surface area contributed by atoms with Crippen LogP contribution < -0.4 is 9.62 Å². The van der Waals surface area contributed by atoms with Gasteiger partial charge in [-0.3, -0.25) is 4.79 Å². The van der Waals surface area contributed by atoms with Gasteiger partial charge in [-0.1, -0.05) is 37.1 Å². The number of carbonyl (C=O) groups excluding carboxylic acids is 1. The predicted octanol–water partition coefficient (Wildman–Crippen LogP) is 5.44. The molecule has 0 saturated heterocycles. The van der Waals surface area contributed by atoms with E-state index in [1.54, 1.807) is 23.5 Å². The molecule has 0 unspecified atom stereocenters. The van der Waals surface area contributed by atoms with Crippen molar-refractivity contribution in [3.63, 3.8) is 0 Å². The average Bonchev–Trinajstić information content (AvgIpc) is 2.98. The van der Waals surface area contributed by atoms with Gasteiger partial charge in [0.25, 0.3) is 12.3 Å². The van der Waals surface area contributed by atoms with Crippen LogP contribution in [0.3, 0.4) is 0 Å². The van der Waals surface area contributed by atoms with E-state index in [0.717, 1.165) is 10.2 Å². The third-order valence-electron chi connectivity index (χ3n) is 3.99. The van der Waals surface area contributed by atoms with E-state index in [9.17, 15) is 13.6 Å². The molecule has 136 valence electrons. The first-order valence-electron chi connectivity index (χ1n) is 7.62. The first-order chi connectivity index (χ1) is 12.3. The first-order valence-corrected chi connectivity index (χ1v) is 8.82. The zero-order valence-corrected chi connectivity index (χ0v) is 16.4. The van der Waals surface area contributed by atoms with Gasteiger partial charge in [0, 0.05) is 41.1 Å². The van der Waals surface area contributed by atoms with Gasteiger partial charge in [-0.2, -0.15) is 0 Å². The number of halogens is 3. The van der Waals surface area contributed by atoms with Crippen molar-refractivity contribution in [2.75, 3.05) is 18.4 Å². The number of hydrogen-bond acceptors (Lipinski definition) is 4. The van der Waals surface area contributed by atoms with Gasteiger partial charge in [0.15, 0.2) is 0 Å². The van der Waals surface area contributed by atoms with Crippen LogP contribution in [0.15, 0.2) is 45.3 Å². The number of rotatable bonds is 4. The first kappa shape index (κ1) is 18.7. The zero-order valence-electron chi connectivity index (χ0n) is 13.9. The molecule has 3 aromatic rings. The van der Waals surface area contributed by atoms with Crippen molar-refractivity contribution in [1.82, 2.24) is 5.32 Å². The van der Waals surface area contributed by atoms with Crippen LogP contribution in [0.25, 0.3) is 22.3 Å². The molecule has 0 fully saturated rings. The van der Waals surface area contributed by atoms with E-state index in [4.69, 9.17) is 4.42 Å². The number of hydrogen-bond donors (Lipinski definition) is 2. The number of thiol groups is 1. The van der Waals surface area contributed by atoms with Crippen LogP contribution in [-0.2, 0) is 0 Å². The summed E-state index contributed by atoms with van der Waals surface area (Å²) in [7, 11) is 3.29. The minimum Gasteiger partial charge on any atom is -0.455 e. The summed E-state index contributed by atoms with van der Waals surface area (Å²) >= 11 is 7.75. The molecule has 26 heavy (non-hydrogen) atoms. The minimum absolute atomic E-state index is 0.0897. The molecule has 0 bridgehead atoms. The van der Waals surface area contributed by atoms with E-state index in [-0.39, 0.29) is 11.5 Å². The maximum atomic E-state index is 12.8. The Morgan fingerprint density at radius 3 is 2.46 bits per heavy atom. The third kappa shape index (κ3) is 3.31. The lowest BCUT2D eigenvalue weighted by atomic mass is 10.0. The monoisotopic (exact) mass is 440 g/mol. The molecule has 8 heteroatoms. The average molecular weight is 441 g/mol. The van der Waals surface area contributed by atoms with Crippen molar-refractivity contribution in [3.8, 4) is 11.3 Å². The highest BCUT2D eigenvalue weighted by molar-refractivity contribution is 9.10. The second-order valence-electron chi connectivity index (χ2n) is 5.63. The Bertz CT molecular complexity index is 971. The Balaban J connectivity index is 2.25. The molecule has 0 aliphatic carbocycles. The fraction of sp³-hybridized carbons (Fsp3) is 0.167. The van der Waals surface area contributed by atoms with Crippen LogP contribution in [0.1, 0.15) is 22.3 Å². The molecule has 0 radical (unpaired) electrons. The summed E-state index contributed by atoms with van der Waals surface area (Å²) in [5.41, 5.74) is 2.06. The summed E-state index contributed by atoms with van der Waals surface area (Å²) in [6, 6.07) is 9.23. The molecular weight excluding hydrogens is 426 g/mol. The highest BCUT2D eigenvalue weighted by atomic mass is 79.9. The fourth-order valence-corrected chi connectivity index (χ4v) is 3.60. The molecule has 1 amide bonds. The molecule has 0 atom stereocenters.